The van der Waals surface area contributed by atoms with Gasteiger partial charge in [-0.3, -0.25) is 25.2 Å². The third-order valence-corrected chi connectivity index (χ3v) is 5.00. The summed E-state index contributed by atoms with van der Waals surface area (Å²) in [5.74, 6) is -0.995. The van der Waals surface area contributed by atoms with E-state index in [2.05, 4.69) is 21.3 Å². The second-order valence-electron chi connectivity index (χ2n) is 5.96. The molecule has 10 heteroatoms. The highest BCUT2D eigenvalue weighted by Gasteiger charge is 2.15. The minimum absolute atomic E-state index is 0.0463. The summed E-state index contributed by atoms with van der Waals surface area (Å²) in [6.45, 7) is -0.336. The number of hydrazine groups is 1. The Morgan fingerprint density at radius 2 is 1.67 bits per heavy atom. The van der Waals surface area contributed by atoms with Gasteiger partial charge in [-0.05, 0) is 24.3 Å². The third-order valence-electron chi connectivity index (χ3n) is 3.74. The van der Waals surface area contributed by atoms with Gasteiger partial charge in [0.2, 0.25) is 5.91 Å². The summed E-state index contributed by atoms with van der Waals surface area (Å²) in [4.78, 5) is 36.6. The molecule has 0 fully saturated rings. The number of hydrogen-bond acceptors (Lipinski definition) is 6. The van der Waals surface area contributed by atoms with Gasteiger partial charge in [0, 0.05) is 21.5 Å². The second kappa shape index (κ2) is 10.5. The number of nitrogens with one attached hydrogen (secondary N) is 3. The van der Waals surface area contributed by atoms with Crippen LogP contribution in [0.15, 0.2) is 70.1 Å². The number of rotatable bonds is 7. The summed E-state index contributed by atoms with van der Waals surface area (Å²) in [7, 11) is 0. The van der Waals surface area contributed by atoms with E-state index in [0.717, 1.165) is 10.5 Å². The number of halogens is 1. The van der Waals surface area contributed by atoms with Crippen molar-refractivity contribution in [1.29, 1.82) is 0 Å². The Labute approximate surface area is 181 Å². The van der Waals surface area contributed by atoms with Gasteiger partial charge in [0.25, 0.3) is 11.8 Å². The molecular formula is C20H17ClN4O4S. The van der Waals surface area contributed by atoms with Crippen LogP contribution >= 0.6 is 23.4 Å². The Kier molecular flexibility index (Phi) is 7.47. The first-order chi connectivity index (χ1) is 14.5. The van der Waals surface area contributed by atoms with Crippen LogP contribution in [0.25, 0.3) is 11.3 Å². The van der Waals surface area contributed by atoms with Crippen molar-refractivity contribution >= 4 is 41.1 Å². The number of aromatic nitrogens is 1. The molecule has 0 atom stereocenters. The largest absolute Gasteiger partial charge is 0.355 e. The summed E-state index contributed by atoms with van der Waals surface area (Å²) in [5, 5.41) is 6.72. The van der Waals surface area contributed by atoms with Gasteiger partial charge in [-0.2, -0.15) is 0 Å². The number of nitrogens with zero attached hydrogens (tertiary/aromatic N) is 1. The minimum atomic E-state index is -0.583. The molecule has 3 rings (SSSR count). The summed E-state index contributed by atoms with van der Waals surface area (Å²) < 4.78 is 5.15. The minimum Gasteiger partial charge on any atom is -0.355 e. The predicted octanol–water partition coefficient (Wildman–Crippen LogP) is 2.66. The van der Waals surface area contributed by atoms with Crippen molar-refractivity contribution in [3.63, 3.8) is 0 Å². The third kappa shape index (κ3) is 6.36. The molecule has 0 aliphatic carbocycles. The van der Waals surface area contributed by atoms with Crippen molar-refractivity contribution in [2.75, 3.05) is 12.3 Å². The molecule has 1 heterocycles. The zero-order chi connectivity index (χ0) is 21.3. The Morgan fingerprint density at radius 3 is 2.40 bits per heavy atom. The van der Waals surface area contributed by atoms with E-state index < -0.39 is 17.7 Å². The number of carbonyl (C=O) groups is 3. The lowest BCUT2D eigenvalue weighted by Crippen LogP contribution is -2.47. The molecule has 3 aromatic rings. The molecule has 30 heavy (non-hydrogen) atoms. The van der Waals surface area contributed by atoms with Crippen molar-refractivity contribution in [2.45, 2.75) is 4.90 Å². The molecule has 0 aliphatic heterocycles. The molecule has 0 aliphatic rings. The Hall–Kier alpha value is -3.30. The van der Waals surface area contributed by atoms with Crippen LogP contribution in [0.3, 0.4) is 0 Å². The molecule has 154 valence electrons. The van der Waals surface area contributed by atoms with Gasteiger partial charge in [-0.25, -0.2) is 0 Å². The van der Waals surface area contributed by atoms with E-state index >= 15 is 0 Å². The number of thioether (sulfide) groups is 1. The Morgan fingerprint density at radius 1 is 0.967 bits per heavy atom. The maximum absolute atomic E-state index is 12.1. The van der Waals surface area contributed by atoms with E-state index in [1.54, 1.807) is 24.3 Å². The van der Waals surface area contributed by atoms with Crippen LogP contribution in [0.1, 0.15) is 10.5 Å². The van der Waals surface area contributed by atoms with Crippen molar-refractivity contribution in [3.05, 3.63) is 71.4 Å². The summed E-state index contributed by atoms with van der Waals surface area (Å²) >= 11 is 7.10. The number of carbonyl (C=O) groups excluding carboxylic acids is 3. The smallest absolute Gasteiger partial charge is 0.273 e. The zero-order valence-electron chi connectivity index (χ0n) is 15.6. The van der Waals surface area contributed by atoms with Crippen LogP contribution < -0.4 is 16.2 Å². The van der Waals surface area contributed by atoms with E-state index in [1.165, 1.54) is 17.8 Å². The molecule has 1 aromatic heterocycles. The van der Waals surface area contributed by atoms with Gasteiger partial charge < -0.3 is 9.84 Å². The van der Waals surface area contributed by atoms with Crippen molar-refractivity contribution in [1.82, 2.24) is 21.3 Å². The van der Waals surface area contributed by atoms with Crippen LogP contribution in [0, 0.1) is 0 Å². The SMILES string of the molecule is O=C(CNC(=O)c1cc(-c2ccccc2)on1)NNC(=O)CSc1ccc(Cl)cc1. The first-order valence-electron chi connectivity index (χ1n) is 8.77. The number of benzene rings is 2. The Bertz CT molecular complexity index is 1020. The molecular weight excluding hydrogens is 428 g/mol. The standard InChI is InChI=1S/C20H17ClN4O4S/c21-14-6-8-15(9-7-14)30-12-19(27)24-23-18(26)11-22-20(28)16-10-17(29-25-16)13-4-2-1-3-5-13/h1-10H,11-12H2,(H,22,28)(H,23,26)(H,24,27). The quantitative estimate of drug-likeness (QED) is 0.381. The van der Waals surface area contributed by atoms with Gasteiger partial charge >= 0.3 is 0 Å². The van der Waals surface area contributed by atoms with Gasteiger partial charge in [0.1, 0.15) is 0 Å². The fraction of sp³-hybridized carbons (Fsp3) is 0.100. The van der Waals surface area contributed by atoms with Gasteiger partial charge in [-0.15, -0.1) is 11.8 Å². The molecule has 0 radical (unpaired) electrons. The number of amides is 3. The molecule has 0 saturated heterocycles. The molecule has 0 unspecified atom stereocenters. The summed E-state index contributed by atoms with van der Waals surface area (Å²) in [5.41, 5.74) is 5.34. The van der Waals surface area contributed by atoms with Crippen molar-refractivity contribution < 1.29 is 18.9 Å². The molecule has 3 amide bonds. The molecule has 0 spiro atoms. The van der Waals surface area contributed by atoms with Gasteiger partial charge in [0.15, 0.2) is 11.5 Å². The average molecular weight is 445 g/mol. The lowest BCUT2D eigenvalue weighted by Gasteiger charge is -2.07. The van der Waals surface area contributed by atoms with E-state index in [1.807, 2.05) is 30.3 Å². The zero-order valence-corrected chi connectivity index (χ0v) is 17.1. The van der Waals surface area contributed by atoms with E-state index in [9.17, 15) is 14.4 Å². The summed E-state index contributed by atoms with van der Waals surface area (Å²) in [6.07, 6.45) is 0. The average Bonchev–Trinajstić information content (AvgIpc) is 3.27. The lowest BCUT2D eigenvalue weighted by atomic mass is 10.1. The first-order valence-corrected chi connectivity index (χ1v) is 10.1. The van der Waals surface area contributed by atoms with E-state index in [0.29, 0.717) is 10.8 Å². The molecule has 8 nitrogen and oxygen atoms in total. The van der Waals surface area contributed by atoms with Crippen LogP contribution in [0.2, 0.25) is 5.02 Å². The Balaban J connectivity index is 1.38. The highest BCUT2D eigenvalue weighted by molar-refractivity contribution is 8.00. The fourth-order valence-corrected chi connectivity index (χ4v) is 3.10. The van der Waals surface area contributed by atoms with Crippen LogP contribution in [0.5, 0.6) is 0 Å². The monoisotopic (exact) mass is 444 g/mol. The maximum atomic E-state index is 12.1. The van der Waals surface area contributed by atoms with Crippen LogP contribution in [0.4, 0.5) is 0 Å². The topological polar surface area (TPSA) is 113 Å². The number of hydrogen-bond donors (Lipinski definition) is 3. The van der Waals surface area contributed by atoms with Crippen molar-refractivity contribution in [2.24, 2.45) is 0 Å². The normalized spacial score (nSPS) is 10.3. The van der Waals surface area contributed by atoms with Crippen molar-refractivity contribution in [3.8, 4) is 11.3 Å². The van der Waals surface area contributed by atoms with E-state index in [-0.39, 0.29) is 18.0 Å². The molecule has 0 bridgehead atoms. The predicted molar refractivity (Wildman–Crippen MR) is 113 cm³/mol. The second-order valence-corrected chi connectivity index (χ2v) is 7.45. The molecule has 0 saturated carbocycles. The van der Waals surface area contributed by atoms with Crippen LogP contribution in [-0.4, -0.2) is 35.2 Å². The lowest BCUT2D eigenvalue weighted by molar-refractivity contribution is -0.127. The highest BCUT2D eigenvalue weighted by Crippen LogP contribution is 2.20. The molecule has 2 aromatic carbocycles. The fourth-order valence-electron chi connectivity index (χ4n) is 2.27. The maximum Gasteiger partial charge on any atom is 0.273 e. The first kappa shape index (κ1) is 21.4. The van der Waals surface area contributed by atoms with Crippen LogP contribution in [-0.2, 0) is 9.59 Å². The summed E-state index contributed by atoms with van der Waals surface area (Å²) in [6, 6.07) is 17.7. The highest BCUT2D eigenvalue weighted by atomic mass is 35.5. The van der Waals surface area contributed by atoms with Gasteiger partial charge in [0.05, 0.1) is 12.3 Å². The van der Waals surface area contributed by atoms with E-state index in [4.69, 9.17) is 16.1 Å². The molecule has 3 N–H and O–H groups in total. The van der Waals surface area contributed by atoms with Gasteiger partial charge in [-0.1, -0.05) is 47.1 Å².